The lowest BCUT2D eigenvalue weighted by Crippen LogP contribution is -2.14. The van der Waals surface area contributed by atoms with Gasteiger partial charge in [-0.25, -0.2) is 9.97 Å². The first kappa shape index (κ1) is 19.6. The van der Waals surface area contributed by atoms with E-state index in [1.807, 2.05) is 51.4 Å². The van der Waals surface area contributed by atoms with E-state index in [9.17, 15) is 10.1 Å². The van der Waals surface area contributed by atoms with Crippen molar-refractivity contribution in [2.45, 2.75) is 52.4 Å². The molecule has 0 fully saturated rings. The molecule has 0 radical (unpaired) electrons. The molecule has 0 aliphatic carbocycles. The van der Waals surface area contributed by atoms with Crippen molar-refractivity contribution in [3.8, 4) is 11.8 Å². The average molecular weight is 380 g/mol. The van der Waals surface area contributed by atoms with Crippen molar-refractivity contribution in [3.05, 3.63) is 47.6 Å². The Bertz CT molecular complexity index is 1050. The van der Waals surface area contributed by atoms with Crippen molar-refractivity contribution in [1.29, 1.82) is 5.26 Å². The molecule has 3 aromatic rings. The van der Waals surface area contributed by atoms with Gasteiger partial charge in [-0.15, -0.1) is 0 Å². The number of oxazole rings is 1. The summed E-state index contributed by atoms with van der Waals surface area (Å²) in [6.07, 6.45) is 5.17. The highest BCUT2D eigenvalue weighted by atomic mass is 16.5. The van der Waals surface area contributed by atoms with Crippen molar-refractivity contribution in [3.63, 3.8) is 0 Å². The van der Waals surface area contributed by atoms with E-state index in [4.69, 9.17) is 9.15 Å². The van der Waals surface area contributed by atoms with Gasteiger partial charge in [0, 0.05) is 36.4 Å². The molecule has 3 heterocycles. The number of hydrogen-bond acceptors (Lipinski definition) is 6. The number of ether oxygens (including phenoxy) is 1. The summed E-state index contributed by atoms with van der Waals surface area (Å²) in [6.45, 7) is 9.91. The molecule has 0 saturated heterocycles. The summed E-state index contributed by atoms with van der Waals surface area (Å²) in [5.41, 5.74) is 1.66. The topological polar surface area (TPSA) is 93.4 Å². The van der Waals surface area contributed by atoms with Crippen molar-refractivity contribution in [2.24, 2.45) is 0 Å². The maximum Gasteiger partial charge on any atom is 0.197 e. The molecular formula is C21H24N4O3. The Morgan fingerprint density at radius 1 is 1.36 bits per heavy atom. The maximum absolute atomic E-state index is 12.7. The van der Waals surface area contributed by atoms with Crippen molar-refractivity contribution in [2.75, 3.05) is 6.61 Å². The minimum atomic E-state index is -0.707. The van der Waals surface area contributed by atoms with Gasteiger partial charge in [-0.05, 0) is 20.8 Å². The lowest BCUT2D eigenvalue weighted by molar-refractivity contribution is 0.0987. The van der Waals surface area contributed by atoms with Crippen LogP contribution in [0.2, 0.25) is 0 Å². The summed E-state index contributed by atoms with van der Waals surface area (Å²) in [4.78, 5) is 21.5. The Kier molecular flexibility index (Phi) is 5.23. The molecule has 3 aromatic heterocycles. The van der Waals surface area contributed by atoms with Crippen LogP contribution in [-0.4, -0.2) is 26.8 Å². The monoisotopic (exact) mass is 380 g/mol. The van der Waals surface area contributed by atoms with Crippen molar-refractivity contribution < 1.29 is 13.9 Å². The fraction of sp³-hybridized carbons (Fsp3) is 0.429. The third-order valence-electron chi connectivity index (χ3n) is 4.50. The number of fused-ring (bicyclic) bond motifs is 1. The number of Topliss-reactive ketones (excluding diaryl/α,β-unsaturated/α-hetero) is 1. The zero-order valence-electron chi connectivity index (χ0n) is 16.8. The third kappa shape index (κ3) is 3.77. The molecule has 146 valence electrons. The standard InChI is InChI=1S/C21H24N4O3/c1-6-27-17-8-19-24-18(21(4,5)12-22)10-25(19)9-14(17)7-16(26)15-11-28-20(23-15)13(2)3/h8-11,13H,6-7H2,1-5H3. The molecule has 0 atom stereocenters. The van der Waals surface area contributed by atoms with Gasteiger partial charge >= 0.3 is 0 Å². The number of rotatable bonds is 7. The molecule has 0 aliphatic rings. The predicted molar refractivity (Wildman–Crippen MR) is 104 cm³/mol. The number of ketones is 1. The van der Waals surface area contributed by atoms with Gasteiger partial charge in [0.1, 0.15) is 23.4 Å². The average Bonchev–Trinajstić information content (AvgIpc) is 3.29. The molecule has 0 N–H and O–H groups in total. The van der Waals surface area contributed by atoms with Gasteiger partial charge in [-0.2, -0.15) is 5.26 Å². The van der Waals surface area contributed by atoms with Gasteiger partial charge in [0.15, 0.2) is 11.7 Å². The van der Waals surface area contributed by atoms with Gasteiger partial charge in [0.05, 0.1) is 23.8 Å². The van der Waals surface area contributed by atoms with Gasteiger partial charge in [0.2, 0.25) is 0 Å². The fourth-order valence-electron chi connectivity index (χ4n) is 2.78. The van der Waals surface area contributed by atoms with E-state index in [1.165, 1.54) is 6.26 Å². The molecular weight excluding hydrogens is 356 g/mol. The second-order valence-electron chi connectivity index (χ2n) is 7.55. The number of nitriles is 1. The zero-order valence-corrected chi connectivity index (χ0v) is 16.8. The van der Waals surface area contributed by atoms with E-state index in [0.717, 1.165) is 5.56 Å². The largest absolute Gasteiger partial charge is 0.493 e. The van der Waals surface area contributed by atoms with Gasteiger partial charge in [-0.1, -0.05) is 13.8 Å². The van der Waals surface area contributed by atoms with Crippen LogP contribution in [0.15, 0.2) is 29.1 Å². The molecule has 0 bridgehead atoms. The van der Waals surface area contributed by atoms with E-state index >= 15 is 0 Å². The summed E-state index contributed by atoms with van der Waals surface area (Å²) < 4.78 is 12.9. The van der Waals surface area contributed by atoms with E-state index in [1.54, 1.807) is 6.07 Å². The van der Waals surface area contributed by atoms with Gasteiger partial charge in [-0.3, -0.25) is 4.79 Å². The number of hydrogen-bond donors (Lipinski definition) is 0. The zero-order chi connectivity index (χ0) is 20.5. The normalized spacial score (nSPS) is 11.8. The van der Waals surface area contributed by atoms with Crippen LogP contribution in [0.1, 0.15) is 68.2 Å². The van der Waals surface area contributed by atoms with Crippen LogP contribution in [-0.2, 0) is 11.8 Å². The second kappa shape index (κ2) is 7.47. The van der Waals surface area contributed by atoms with Gasteiger partial charge in [0.25, 0.3) is 0 Å². The first-order valence-corrected chi connectivity index (χ1v) is 9.30. The number of aromatic nitrogens is 3. The Hall–Kier alpha value is -3.14. The van der Waals surface area contributed by atoms with Crippen LogP contribution in [0, 0.1) is 11.3 Å². The predicted octanol–water partition coefficient (Wildman–Crippen LogP) is 4.07. The molecule has 0 aliphatic heterocycles. The number of nitrogens with zero attached hydrogens (tertiary/aromatic N) is 4. The Morgan fingerprint density at radius 3 is 2.71 bits per heavy atom. The third-order valence-corrected chi connectivity index (χ3v) is 4.50. The lowest BCUT2D eigenvalue weighted by atomic mass is 9.92. The van der Waals surface area contributed by atoms with Crippen LogP contribution in [0.3, 0.4) is 0 Å². The Balaban J connectivity index is 1.97. The number of imidazole rings is 1. The fourth-order valence-corrected chi connectivity index (χ4v) is 2.78. The summed E-state index contributed by atoms with van der Waals surface area (Å²) in [5.74, 6) is 1.11. The molecule has 0 spiro atoms. The molecule has 0 amide bonds. The van der Waals surface area contributed by atoms with Crippen LogP contribution < -0.4 is 4.74 Å². The van der Waals surface area contributed by atoms with E-state index in [-0.39, 0.29) is 18.1 Å². The second-order valence-corrected chi connectivity index (χ2v) is 7.55. The molecule has 3 rings (SSSR count). The summed E-state index contributed by atoms with van der Waals surface area (Å²) in [6, 6.07) is 4.06. The molecule has 0 aromatic carbocycles. The van der Waals surface area contributed by atoms with E-state index in [2.05, 4.69) is 16.0 Å². The Morgan fingerprint density at radius 2 is 2.11 bits per heavy atom. The molecule has 0 saturated carbocycles. The maximum atomic E-state index is 12.7. The van der Waals surface area contributed by atoms with Gasteiger partial charge < -0.3 is 13.6 Å². The highest BCUT2D eigenvalue weighted by molar-refractivity contribution is 5.95. The van der Waals surface area contributed by atoms with Crippen molar-refractivity contribution >= 4 is 11.4 Å². The SMILES string of the molecule is CCOc1cc2nc(C(C)(C)C#N)cn2cc1CC(=O)c1coc(C(C)C)n1. The minimum Gasteiger partial charge on any atom is -0.493 e. The van der Waals surface area contributed by atoms with E-state index in [0.29, 0.717) is 35.3 Å². The lowest BCUT2D eigenvalue weighted by Gasteiger charge is -2.10. The number of carbonyl (C=O) groups excluding carboxylic acids is 1. The first-order chi connectivity index (χ1) is 13.2. The minimum absolute atomic E-state index is 0.116. The van der Waals surface area contributed by atoms with Crippen LogP contribution in [0.25, 0.3) is 5.65 Å². The highest BCUT2D eigenvalue weighted by Gasteiger charge is 2.24. The first-order valence-electron chi connectivity index (χ1n) is 9.30. The molecule has 7 heteroatoms. The van der Waals surface area contributed by atoms with Crippen molar-refractivity contribution in [1.82, 2.24) is 14.4 Å². The van der Waals surface area contributed by atoms with E-state index < -0.39 is 5.41 Å². The quantitative estimate of drug-likeness (QED) is 0.574. The molecule has 7 nitrogen and oxygen atoms in total. The summed E-state index contributed by atoms with van der Waals surface area (Å²) in [7, 11) is 0. The smallest absolute Gasteiger partial charge is 0.197 e. The number of carbonyl (C=O) groups is 1. The Labute approximate surface area is 164 Å². The van der Waals surface area contributed by atoms with Crippen LogP contribution >= 0.6 is 0 Å². The van der Waals surface area contributed by atoms with Crippen LogP contribution in [0.5, 0.6) is 5.75 Å². The summed E-state index contributed by atoms with van der Waals surface area (Å²) >= 11 is 0. The van der Waals surface area contributed by atoms with Crippen LogP contribution in [0.4, 0.5) is 0 Å². The summed E-state index contributed by atoms with van der Waals surface area (Å²) in [5, 5.41) is 9.37. The number of pyridine rings is 1. The molecule has 0 unspecified atom stereocenters. The molecule has 28 heavy (non-hydrogen) atoms. The highest BCUT2D eigenvalue weighted by Crippen LogP contribution is 2.27.